The van der Waals surface area contributed by atoms with E-state index in [1.807, 2.05) is 21.7 Å². The SMILES string of the molecule is CN(CC(=O)N1CCCCCC1)CC(=O)N1CCNCC1. The van der Waals surface area contributed by atoms with Gasteiger partial charge in [-0.15, -0.1) is 0 Å². The standard InChI is InChI=1S/C15H28N4O2/c1-17(13-15(21)19-10-6-16-7-11-19)12-14(20)18-8-4-2-3-5-9-18/h16H,2-13H2,1H3. The van der Waals surface area contributed by atoms with Crippen molar-refractivity contribution in [3.63, 3.8) is 0 Å². The molecule has 1 N–H and O–H groups in total. The number of carbonyl (C=O) groups excluding carboxylic acids is 2. The third kappa shape index (κ3) is 5.28. The van der Waals surface area contributed by atoms with Gasteiger partial charge in [0.15, 0.2) is 0 Å². The molecular formula is C15H28N4O2. The smallest absolute Gasteiger partial charge is 0.236 e. The Kier molecular flexibility index (Phi) is 6.45. The highest BCUT2D eigenvalue weighted by atomic mass is 16.2. The number of likely N-dealkylation sites (tertiary alicyclic amines) is 1. The van der Waals surface area contributed by atoms with Gasteiger partial charge in [0.25, 0.3) is 0 Å². The van der Waals surface area contributed by atoms with Gasteiger partial charge in [-0.3, -0.25) is 14.5 Å². The summed E-state index contributed by atoms with van der Waals surface area (Å²) in [6.45, 7) is 5.69. The van der Waals surface area contributed by atoms with Crippen molar-refractivity contribution in [2.75, 3.05) is 59.4 Å². The molecule has 21 heavy (non-hydrogen) atoms. The number of likely N-dealkylation sites (N-methyl/N-ethyl adjacent to an activating group) is 1. The Bertz CT molecular complexity index is 348. The Hall–Kier alpha value is -1.14. The molecule has 0 bridgehead atoms. The van der Waals surface area contributed by atoms with Gasteiger partial charge in [-0.25, -0.2) is 0 Å². The Morgan fingerprint density at radius 2 is 1.33 bits per heavy atom. The molecule has 0 aliphatic carbocycles. The molecule has 0 unspecified atom stereocenters. The Morgan fingerprint density at radius 1 is 0.857 bits per heavy atom. The fourth-order valence-electron chi connectivity index (χ4n) is 2.95. The first kappa shape index (κ1) is 16.2. The van der Waals surface area contributed by atoms with E-state index >= 15 is 0 Å². The van der Waals surface area contributed by atoms with Gasteiger partial charge >= 0.3 is 0 Å². The van der Waals surface area contributed by atoms with Crippen LogP contribution in [0.2, 0.25) is 0 Å². The predicted octanol–water partition coefficient (Wildman–Crippen LogP) is -0.247. The number of carbonyl (C=O) groups is 2. The Morgan fingerprint density at radius 3 is 1.86 bits per heavy atom. The normalized spacial score (nSPS) is 20.5. The minimum Gasteiger partial charge on any atom is -0.342 e. The van der Waals surface area contributed by atoms with E-state index in [1.165, 1.54) is 12.8 Å². The molecular weight excluding hydrogens is 268 g/mol. The van der Waals surface area contributed by atoms with Crippen LogP contribution in [0.1, 0.15) is 25.7 Å². The van der Waals surface area contributed by atoms with E-state index < -0.39 is 0 Å². The summed E-state index contributed by atoms with van der Waals surface area (Å²) in [5.41, 5.74) is 0. The lowest BCUT2D eigenvalue weighted by Gasteiger charge is -2.29. The molecule has 120 valence electrons. The van der Waals surface area contributed by atoms with Crippen molar-refractivity contribution < 1.29 is 9.59 Å². The lowest BCUT2D eigenvalue weighted by atomic mass is 10.2. The number of rotatable bonds is 4. The second-order valence-corrected chi connectivity index (χ2v) is 6.10. The number of nitrogens with one attached hydrogen (secondary N) is 1. The van der Waals surface area contributed by atoms with Crippen LogP contribution in [0.15, 0.2) is 0 Å². The van der Waals surface area contributed by atoms with Gasteiger partial charge in [-0.1, -0.05) is 12.8 Å². The van der Waals surface area contributed by atoms with Crippen LogP contribution in [0.5, 0.6) is 0 Å². The summed E-state index contributed by atoms with van der Waals surface area (Å²) in [4.78, 5) is 30.1. The number of nitrogens with zero attached hydrogens (tertiary/aromatic N) is 3. The van der Waals surface area contributed by atoms with Crippen LogP contribution in [0.3, 0.4) is 0 Å². The quantitative estimate of drug-likeness (QED) is 0.777. The molecule has 0 saturated carbocycles. The highest BCUT2D eigenvalue weighted by Crippen LogP contribution is 2.10. The Labute approximate surface area is 127 Å². The van der Waals surface area contributed by atoms with Gasteiger partial charge in [-0.05, 0) is 19.9 Å². The second-order valence-electron chi connectivity index (χ2n) is 6.10. The van der Waals surface area contributed by atoms with E-state index in [1.54, 1.807) is 0 Å². The largest absolute Gasteiger partial charge is 0.342 e. The van der Waals surface area contributed by atoms with Gasteiger partial charge in [0.05, 0.1) is 13.1 Å². The molecule has 0 atom stereocenters. The van der Waals surface area contributed by atoms with Crippen molar-refractivity contribution in [3.05, 3.63) is 0 Å². The number of hydrogen-bond donors (Lipinski definition) is 1. The summed E-state index contributed by atoms with van der Waals surface area (Å²) >= 11 is 0. The third-order valence-corrected chi connectivity index (χ3v) is 4.24. The van der Waals surface area contributed by atoms with Crippen molar-refractivity contribution in [2.45, 2.75) is 25.7 Å². The molecule has 2 heterocycles. The lowest BCUT2D eigenvalue weighted by Crippen LogP contribution is -2.50. The van der Waals surface area contributed by atoms with E-state index in [4.69, 9.17) is 0 Å². The fourth-order valence-corrected chi connectivity index (χ4v) is 2.95. The van der Waals surface area contributed by atoms with E-state index in [-0.39, 0.29) is 11.8 Å². The zero-order valence-electron chi connectivity index (χ0n) is 13.1. The molecule has 0 spiro atoms. The van der Waals surface area contributed by atoms with Gasteiger partial charge in [0.1, 0.15) is 0 Å². The van der Waals surface area contributed by atoms with Crippen LogP contribution >= 0.6 is 0 Å². The van der Waals surface area contributed by atoms with Crippen LogP contribution in [0.4, 0.5) is 0 Å². The van der Waals surface area contributed by atoms with Crippen molar-refractivity contribution in [1.82, 2.24) is 20.0 Å². The first-order chi connectivity index (χ1) is 10.2. The number of piperazine rings is 1. The maximum atomic E-state index is 12.3. The van der Waals surface area contributed by atoms with E-state index in [2.05, 4.69) is 5.32 Å². The zero-order valence-corrected chi connectivity index (χ0v) is 13.1. The summed E-state index contributed by atoms with van der Waals surface area (Å²) in [6.07, 6.45) is 4.66. The molecule has 6 nitrogen and oxygen atoms in total. The topological polar surface area (TPSA) is 55.9 Å². The van der Waals surface area contributed by atoms with Crippen molar-refractivity contribution in [2.24, 2.45) is 0 Å². The highest BCUT2D eigenvalue weighted by molar-refractivity contribution is 5.81. The van der Waals surface area contributed by atoms with Crippen molar-refractivity contribution in [3.8, 4) is 0 Å². The maximum Gasteiger partial charge on any atom is 0.236 e. The van der Waals surface area contributed by atoms with Crippen molar-refractivity contribution in [1.29, 1.82) is 0 Å². The molecule has 0 aromatic carbocycles. The summed E-state index contributed by atoms with van der Waals surface area (Å²) < 4.78 is 0. The average molecular weight is 296 g/mol. The Balaban J connectivity index is 1.73. The molecule has 0 aromatic heterocycles. The molecule has 2 aliphatic rings. The summed E-state index contributed by atoms with van der Waals surface area (Å²) in [5, 5.41) is 3.24. The van der Waals surface area contributed by atoms with Gasteiger partial charge < -0.3 is 15.1 Å². The minimum absolute atomic E-state index is 0.127. The van der Waals surface area contributed by atoms with Crippen LogP contribution < -0.4 is 5.32 Å². The summed E-state index contributed by atoms with van der Waals surface area (Å²) in [6, 6.07) is 0. The van der Waals surface area contributed by atoms with Gasteiger partial charge in [0, 0.05) is 39.3 Å². The van der Waals surface area contributed by atoms with Crippen LogP contribution in [0.25, 0.3) is 0 Å². The summed E-state index contributed by atoms with van der Waals surface area (Å²) in [5.74, 6) is 0.287. The van der Waals surface area contributed by atoms with Crippen LogP contribution in [-0.4, -0.2) is 85.9 Å². The second kappa shape index (κ2) is 8.34. The first-order valence-electron chi connectivity index (χ1n) is 8.11. The molecule has 6 heteroatoms. The van der Waals surface area contributed by atoms with Gasteiger partial charge in [0.2, 0.25) is 11.8 Å². The predicted molar refractivity (Wildman–Crippen MR) is 82.0 cm³/mol. The summed E-state index contributed by atoms with van der Waals surface area (Å²) in [7, 11) is 1.86. The molecule has 0 aromatic rings. The van der Waals surface area contributed by atoms with Crippen molar-refractivity contribution >= 4 is 11.8 Å². The molecule has 0 radical (unpaired) electrons. The minimum atomic E-state index is 0.127. The first-order valence-corrected chi connectivity index (χ1v) is 8.11. The van der Waals surface area contributed by atoms with E-state index in [9.17, 15) is 9.59 Å². The van der Waals surface area contributed by atoms with Crippen LogP contribution in [-0.2, 0) is 9.59 Å². The zero-order chi connectivity index (χ0) is 15.1. The third-order valence-electron chi connectivity index (χ3n) is 4.24. The fraction of sp³-hybridized carbons (Fsp3) is 0.867. The average Bonchev–Trinajstić information content (AvgIpc) is 2.77. The molecule has 2 rings (SSSR count). The number of hydrogen-bond acceptors (Lipinski definition) is 4. The van der Waals surface area contributed by atoms with E-state index in [0.29, 0.717) is 13.1 Å². The number of amides is 2. The lowest BCUT2D eigenvalue weighted by molar-refractivity contribution is -0.135. The highest BCUT2D eigenvalue weighted by Gasteiger charge is 2.21. The van der Waals surface area contributed by atoms with Crippen LogP contribution in [0, 0.1) is 0 Å². The molecule has 2 saturated heterocycles. The molecule has 2 amide bonds. The molecule has 2 fully saturated rings. The molecule has 2 aliphatic heterocycles. The maximum absolute atomic E-state index is 12.3. The van der Waals surface area contributed by atoms with Gasteiger partial charge in [-0.2, -0.15) is 0 Å². The monoisotopic (exact) mass is 296 g/mol. The van der Waals surface area contributed by atoms with E-state index in [0.717, 1.165) is 52.1 Å².